The number of carbonyl (C=O) groups excluding carboxylic acids is 6. The van der Waals surface area contributed by atoms with Crippen molar-refractivity contribution >= 4 is 49.9 Å². The zero-order valence-corrected chi connectivity index (χ0v) is 43.7. The van der Waals surface area contributed by atoms with Crippen molar-refractivity contribution in [2.75, 3.05) is 19.0 Å². The molecular formula is C51H73N5O13Si. The number of amides is 5. The molecule has 0 bridgehead atoms. The minimum atomic E-state index is -2.63. The molecule has 1 aliphatic rings. The first-order chi connectivity index (χ1) is 32.5. The first-order valence-corrected chi connectivity index (χ1v) is 25.6. The molecule has 384 valence electrons. The molecule has 3 aromatic rings. The Labute approximate surface area is 412 Å². The van der Waals surface area contributed by atoms with Crippen LogP contribution in [-0.4, -0.2) is 104 Å². The van der Waals surface area contributed by atoms with E-state index in [-0.39, 0.29) is 47.5 Å². The molecule has 5 atom stereocenters. The number of benzene rings is 3. The van der Waals surface area contributed by atoms with Crippen molar-refractivity contribution in [2.45, 2.75) is 160 Å². The monoisotopic (exact) mass is 991 g/mol. The third-order valence-corrected chi connectivity index (χ3v) is 18.1. The number of esters is 1. The molecule has 0 saturated heterocycles. The smallest absolute Gasteiger partial charge is 0.408 e. The lowest BCUT2D eigenvalue weighted by atomic mass is 9.84. The molecule has 70 heavy (non-hydrogen) atoms. The van der Waals surface area contributed by atoms with E-state index in [1.807, 2.05) is 0 Å². The number of rotatable bonds is 21. The number of hydrogen-bond donors (Lipinski definition) is 7. The first-order valence-electron chi connectivity index (χ1n) is 23.5. The second kappa shape index (κ2) is 23.3. The fraction of sp³-hybridized carbons (Fsp3) is 0.529. The van der Waals surface area contributed by atoms with Crippen LogP contribution in [0.1, 0.15) is 106 Å². The molecule has 1 aliphatic heterocycles. The van der Waals surface area contributed by atoms with E-state index in [0.717, 1.165) is 0 Å². The maximum Gasteiger partial charge on any atom is 0.408 e. The molecule has 0 unspecified atom stereocenters. The molecule has 0 radical (unpaired) electrons. The Bertz CT molecular complexity index is 2330. The number of primary amides is 1. The van der Waals surface area contributed by atoms with Crippen molar-refractivity contribution < 1.29 is 62.4 Å². The third-order valence-electron chi connectivity index (χ3n) is 12.0. The van der Waals surface area contributed by atoms with E-state index in [9.17, 15) is 39.0 Å². The Morgan fingerprint density at radius 3 is 1.93 bits per heavy atom. The number of carbonyl (C=O) groups is 6. The zero-order chi connectivity index (χ0) is 52.5. The van der Waals surface area contributed by atoms with Crippen LogP contribution in [-0.2, 0) is 56.4 Å². The summed E-state index contributed by atoms with van der Waals surface area (Å²) < 4.78 is 29.0. The second-order valence-corrected chi connectivity index (χ2v) is 26.0. The molecule has 18 nitrogen and oxygen atoms in total. The number of fused-ring (bicyclic) bond motifs is 1. The van der Waals surface area contributed by atoms with E-state index >= 15 is 0 Å². The number of methoxy groups -OCH3 is 1. The molecule has 0 aromatic heterocycles. The van der Waals surface area contributed by atoms with Gasteiger partial charge >= 0.3 is 18.2 Å². The van der Waals surface area contributed by atoms with Gasteiger partial charge in [0, 0.05) is 23.1 Å². The molecule has 5 amide bonds. The van der Waals surface area contributed by atoms with E-state index in [4.69, 9.17) is 29.1 Å². The van der Waals surface area contributed by atoms with E-state index in [0.29, 0.717) is 28.0 Å². The van der Waals surface area contributed by atoms with Gasteiger partial charge in [0.1, 0.15) is 41.7 Å². The van der Waals surface area contributed by atoms with Crippen LogP contribution in [0.25, 0.3) is 11.1 Å². The summed E-state index contributed by atoms with van der Waals surface area (Å²) in [5.41, 5.74) is 3.28. The van der Waals surface area contributed by atoms with Gasteiger partial charge in [-0.2, -0.15) is 0 Å². The number of nitrogens with two attached hydrogens (primary N) is 1. The standard InChI is InChI=1S/C51H73N5O13Si/c1-29(2)70(30(3)4,31(5)6)67-28-39(55-48(63)69-50(10,11)12)43(58)51(64)36-21-17-20-34(42(36)56-46(51)61)35-24-33(22-23-40(35)65-13)25-37(54-47(62)66-27-32-18-15-14-16-19-32)44(59)53-38(26-41(52)57)45(60)68-49(7,8)9/h14-24,29-31,37-39,43,58,64H,25-28H2,1-13H3,(H2,52,57)(H,53,59)(H,54,62)(H,55,63)(H,56,61)/t37-,38-,39+,43-,51+/m0/s1. The summed E-state index contributed by atoms with van der Waals surface area (Å²) in [5, 5.41) is 35.3. The van der Waals surface area contributed by atoms with Gasteiger partial charge in [-0.05, 0) is 81.4 Å². The lowest BCUT2D eigenvalue weighted by Crippen LogP contribution is -2.60. The molecule has 0 fully saturated rings. The maximum atomic E-state index is 14.2. The van der Waals surface area contributed by atoms with Gasteiger partial charge in [0.2, 0.25) is 11.8 Å². The molecule has 0 saturated carbocycles. The minimum Gasteiger partial charge on any atom is -0.496 e. The predicted octanol–water partition coefficient (Wildman–Crippen LogP) is 6.49. The van der Waals surface area contributed by atoms with E-state index < -0.39 is 91.6 Å². The number of aliphatic hydroxyl groups excluding tert-OH is 1. The molecular weight excluding hydrogens is 919 g/mol. The Balaban J connectivity index is 1.77. The average molecular weight is 992 g/mol. The summed E-state index contributed by atoms with van der Waals surface area (Å²) in [5.74, 6) is -3.34. The fourth-order valence-corrected chi connectivity index (χ4v) is 14.5. The average Bonchev–Trinajstić information content (AvgIpc) is 3.52. The Hall–Kier alpha value is -6.02. The summed E-state index contributed by atoms with van der Waals surface area (Å²) >= 11 is 0. The fourth-order valence-electron chi connectivity index (χ4n) is 9.03. The molecule has 4 rings (SSSR count). The van der Waals surface area contributed by atoms with Gasteiger partial charge in [0.15, 0.2) is 13.9 Å². The predicted molar refractivity (Wildman–Crippen MR) is 266 cm³/mol. The highest BCUT2D eigenvalue weighted by molar-refractivity contribution is 6.77. The van der Waals surface area contributed by atoms with Crippen molar-refractivity contribution in [3.05, 3.63) is 83.4 Å². The Morgan fingerprint density at radius 2 is 1.37 bits per heavy atom. The Morgan fingerprint density at radius 1 is 0.757 bits per heavy atom. The lowest BCUT2D eigenvalue weighted by Gasteiger charge is -2.44. The van der Waals surface area contributed by atoms with Crippen LogP contribution in [0.3, 0.4) is 0 Å². The van der Waals surface area contributed by atoms with Crippen LogP contribution in [0, 0.1) is 0 Å². The van der Waals surface area contributed by atoms with Crippen LogP contribution in [0.4, 0.5) is 15.3 Å². The third kappa shape index (κ3) is 14.1. The van der Waals surface area contributed by atoms with Gasteiger partial charge in [-0.3, -0.25) is 14.4 Å². The van der Waals surface area contributed by atoms with Gasteiger partial charge in [0.05, 0.1) is 31.9 Å². The highest BCUT2D eigenvalue weighted by Crippen LogP contribution is 2.47. The van der Waals surface area contributed by atoms with Crippen molar-refractivity contribution in [3.63, 3.8) is 0 Å². The van der Waals surface area contributed by atoms with Gasteiger partial charge in [-0.15, -0.1) is 0 Å². The van der Waals surface area contributed by atoms with Gasteiger partial charge in [-0.25, -0.2) is 14.4 Å². The summed E-state index contributed by atoms with van der Waals surface area (Å²) in [4.78, 5) is 80.2. The second-order valence-electron chi connectivity index (χ2n) is 20.5. The van der Waals surface area contributed by atoms with Crippen molar-refractivity contribution in [1.29, 1.82) is 0 Å². The minimum absolute atomic E-state index is 0.00579. The molecule has 0 spiro atoms. The molecule has 3 aromatic carbocycles. The maximum absolute atomic E-state index is 14.2. The summed E-state index contributed by atoms with van der Waals surface area (Å²) in [6.07, 6.45) is -4.61. The molecule has 1 heterocycles. The number of nitrogens with one attached hydrogen (secondary N) is 4. The highest BCUT2D eigenvalue weighted by Gasteiger charge is 2.55. The van der Waals surface area contributed by atoms with E-state index in [1.165, 1.54) is 13.2 Å². The summed E-state index contributed by atoms with van der Waals surface area (Å²) in [6, 6.07) is 14.2. The van der Waals surface area contributed by atoms with Crippen LogP contribution >= 0.6 is 0 Å². The first kappa shape index (κ1) is 56.6. The zero-order valence-electron chi connectivity index (χ0n) is 42.7. The normalized spacial score (nSPS) is 16.6. The molecule has 8 N–H and O–H groups in total. The summed E-state index contributed by atoms with van der Waals surface area (Å²) in [7, 11) is -1.20. The number of hydrogen-bond acceptors (Lipinski definition) is 13. The quantitative estimate of drug-likeness (QED) is 0.0343. The van der Waals surface area contributed by atoms with Crippen LogP contribution in [0.2, 0.25) is 16.6 Å². The van der Waals surface area contributed by atoms with E-state index in [1.54, 1.807) is 102 Å². The molecule has 19 heteroatoms. The lowest BCUT2D eigenvalue weighted by molar-refractivity contribution is -0.159. The van der Waals surface area contributed by atoms with Crippen LogP contribution < -0.4 is 31.7 Å². The summed E-state index contributed by atoms with van der Waals surface area (Å²) in [6.45, 7) is 22.0. The number of ether oxygens (including phenoxy) is 4. The van der Waals surface area contributed by atoms with Crippen molar-refractivity contribution in [1.82, 2.24) is 16.0 Å². The van der Waals surface area contributed by atoms with E-state index in [2.05, 4.69) is 62.8 Å². The van der Waals surface area contributed by atoms with Crippen molar-refractivity contribution in [2.24, 2.45) is 5.73 Å². The topological polar surface area (TPSA) is 263 Å². The number of alkyl carbamates (subject to hydrolysis) is 2. The van der Waals surface area contributed by atoms with Gasteiger partial charge in [-0.1, -0.05) is 96.1 Å². The molecule has 0 aliphatic carbocycles. The number of anilines is 1. The SMILES string of the molecule is COc1ccc(C[C@H](NC(=O)OCc2ccccc2)C(=O)N[C@@H](CC(N)=O)C(=O)OC(C)(C)C)cc1-c1cccc2c1NC(=O)[C@]2(O)[C@@H](O)[C@@H](CO[Si](C(C)C)(C(C)C)C(C)C)NC(=O)OC(C)(C)C. The Kier molecular flexibility index (Phi) is 18.8. The van der Waals surface area contributed by atoms with Crippen LogP contribution in [0.5, 0.6) is 5.75 Å². The highest BCUT2D eigenvalue weighted by atomic mass is 28.4. The van der Waals surface area contributed by atoms with Gasteiger partial charge in [0.25, 0.3) is 5.91 Å². The van der Waals surface area contributed by atoms with Crippen molar-refractivity contribution in [3.8, 4) is 16.9 Å². The largest absolute Gasteiger partial charge is 0.496 e. The van der Waals surface area contributed by atoms with Crippen LogP contribution in [0.15, 0.2) is 66.7 Å². The number of para-hydroxylation sites is 1. The number of aliphatic hydroxyl groups is 2. The van der Waals surface area contributed by atoms with Gasteiger partial charge < -0.3 is 60.6 Å².